The van der Waals surface area contributed by atoms with Crippen LogP contribution in [0.1, 0.15) is 44.5 Å². The van der Waals surface area contributed by atoms with Crippen LogP contribution < -0.4 is 14.2 Å². The second kappa shape index (κ2) is 33.7. The predicted octanol–water partition coefficient (Wildman–Crippen LogP) is 28.9. The van der Waals surface area contributed by atoms with E-state index in [0.717, 1.165) is 151 Å². The van der Waals surface area contributed by atoms with Crippen molar-refractivity contribution in [2.75, 3.05) is 21.3 Å². The number of methoxy groups -OCH3 is 3. The number of pyridine rings is 10. The first-order valence-corrected chi connectivity index (χ1v) is 44.2. The lowest BCUT2D eigenvalue weighted by Gasteiger charge is -2.11. The zero-order valence-corrected chi connectivity index (χ0v) is 74.9. The van der Waals surface area contributed by atoms with Crippen LogP contribution in [0.25, 0.3) is 193 Å². The van der Waals surface area contributed by atoms with E-state index in [2.05, 4.69) is 333 Å². The number of aryl methyl sites for hydroxylation is 8. The topological polar surface area (TPSA) is 157 Å². The van der Waals surface area contributed by atoms with Crippen LogP contribution in [-0.4, -0.2) is 73.2 Å². The molecule has 0 atom stereocenters. The number of hydrogen-bond donors (Lipinski definition) is 0. The third kappa shape index (κ3) is 14.5. The van der Waals surface area contributed by atoms with Crippen molar-refractivity contribution in [3.63, 3.8) is 0 Å². The third-order valence-electron chi connectivity index (χ3n) is 25.6. The van der Waals surface area contributed by atoms with Crippen LogP contribution in [0.4, 0.5) is 5.69 Å². The molecular weight excluding hydrogens is 1630 g/mol. The van der Waals surface area contributed by atoms with Crippen molar-refractivity contribution in [3.05, 3.63) is 407 Å². The average molecular weight is 1720 g/mol. The van der Waals surface area contributed by atoms with Gasteiger partial charge in [-0.1, -0.05) is 175 Å². The molecule has 0 saturated heterocycles. The maximum Gasteiger partial charge on any atom is 0.269 e. The van der Waals surface area contributed by atoms with E-state index >= 15 is 0 Å². The quantitative estimate of drug-likeness (QED) is 0.101. The number of benzene rings is 10. The summed E-state index contributed by atoms with van der Waals surface area (Å²) in [5, 5.41) is 22.9. The highest BCUT2D eigenvalue weighted by atomic mass is 16.6. The molecule has 16 nitrogen and oxygen atoms in total. The second-order valence-corrected chi connectivity index (χ2v) is 34.0. The van der Waals surface area contributed by atoms with E-state index in [-0.39, 0.29) is 10.6 Å². The normalized spacial score (nSPS) is 11.5. The first kappa shape index (κ1) is 82.1. The molecule has 0 radical (unpaired) electrons. The van der Waals surface area contributed by atoms with E-state index < -0.39 is 0 Å². The van der Waals surface area contributed by atoms with Crippen molar-refractivity contribution >= 4 is 142 Å². The highest BCUT2D eigenvalue weighted by molar-refractivity contribution is 6.17. The van der Waals surface area contributed by atoms with Crippen molar-refractivity contribution in [3.8, 4) is 73.5 Å². The summed E-state index contributed by atoms with van der Waals surface area (Å²) in [6.07, 6.45) is 10.5. The predicted molar refractivity (Wildman–Crippen MR) is 542 cm³/mol. The summed E-state index contributed by atoms with van der Waals surface area (Å²) >= 11 is 0. The molecule has 10 aromatic carbocycles. The lowest BCUT2D eigenvalue weighted by Crippen LogP contribution is -1.94. The van der Waals surface area contributed by atoms with Gasteiger partial charge in [-0.2, -0.15) is 0 Å². The number of aromatic nitrogens is 10. The zero-order chi connectivity index (χ0) is 90.3. The minimum atomic E-state index is -0.386. The van der Waals surface area contributed by atoms with E-state index in [4.69, 9.17) is 39.1 Å². The number of nitrogens with zero attached hydrogens (tertiary/aromatic N) is 11. The van der Waals surface area contributed by atoms with E-state index in [1.54, 1.807) is 33.5 Å². The van der Waals surface area contributed by atoms with Gasteiger partial charge in [-0.05, 0) is 234 Å². The molecule has 0 unspecified atom stereocenters. The van der Waals surface area contributed by atoms with E-state index in [0.29, 0.717) is 0 Å². The Morgan fingerprint density at radius 2 is 0.545 bits per heavy atom. The fraction of sp³-hybridized carbons (Fsp3) is 0.0948. The summed E-state index contributed by atoms with van der Waals surface area (Å²) in [6, 6.07) is 110. The molecule has 0 aliphatic rings. The first-order chi connectivity index (χ1) is 64.4. The Morgan fingerprint density at radius 3 is 0.879 bits per heavy atom. The molecule has 132 heavy (non-hydrogen) atoms. The van der Waals surface area contributed by atoms with Gasteiger partial charge in [-0.3, -0.25) is 10.1 Å². The van der Waals surface area contributed by atoms with Gasteiger partial charge in [-0.15, -0.1) is 0 Å². The molecule has 0 spiro atoms. The summed E-state index contributed by atoms with van der Waals surface area (Å²) in [4.78, 5) is 35.7. The molecule has 640 valence electrons. The maximum absolute atomic E-state index is 11.0. The van der Waals surface area contributed by atoms with Gasteiger partial charge in [0.2, 0.25) is 0 Å². The van der Waals surface area contributed by atoms with Gasteiger partial charge in [0.05, 0.1) is 110 Å². The number of nitro groups is 1. The molecule has 0 bridgehead atoms. The van der Waals surface area contributed by atoms with E-state index in [1.165, 1.54) is 116 Å². The van der Waals surface area contributed by atoms with Crippen molar-refractivity contribution in [1.82, 2.24) is 46.9 Å². The van der Waals surface area contributed by atoms with Crippen LogP contribution in [0.15, 0.2) is 353 Å². The summed E-state index contributed by atoms with van der Waals surface area (Å²) < 4.78 is 27.7. The molecular formula is C116H91N11O5. The second-order valence-electron chi connectivity index (χ2n) is 34.0. The molecule has 0 saturated carbocycles. The maximum atomic E-state index is 11.0. The van der Waals surface area contributed by atoms with Gasteiger partial charge in [-0.25, -0.2) is 24.9 Å². The Hall–Kier alpha value is -16.9. The number of para-hydroxylation sites is 5. The molecule has 0 aliphatic carbocycles. The highest BCUT2D eigenvalue weighted by Crippen LogP contribution is 2.44. The SMILES string of the molecule is COc1cc(-c2nc3ccccc3c3cc4c(C)cccn4c23)ccc1C.COc1cc(C)cc(-c2nc3ccccc3c3cc4c(C)cccn4c23)c1.COc1cccc(-c2nc3ccccc3c3cc4c(C)cccn4c23)c1.Cc1ccc(-c2nc3ccccc3c3cc4c(C)cccn4c23)cc1.Cc1cccn2c1cc1c3ccccc3nc(-c3ccc([N+](=O)[O-])cc3)c12. The molecule has 0 fully saturated rings. The molecule has 0 N–H and O–H groups in total. The van der Waals surface area contributed by atoms with Crippen LogP contribution in [0.2, 0.25) is 0 Å². The third-order valence-corrected chi connectivity index (χ3v) is 25.6. The summed E-state index contributed by atoms with van der Waals surface area (Å²) in [5.74, 6) is 2.57. The van der Waals surface area contributed by atoms with Crippen LogP contribution in [0, 0.1) is 65.5 Å². The lowest BCUT2D eigenvalue weighted by atomic mass is 10.0. The Bertz CT molecular complexity index is 8950. The average Bonchev–Trinajstić information content (AvgIpc) is 1.60. The van der Waals surface area contributed by atoms with Gasteiger partial charge < -0.3 is 36.2 Å². The Labute approximate surface area is 760 Å². The smallest absolute Gasteiger partial charge is 0.269 e. The number of ether oxygens (including phenoxy) is 3. The molecule has 16 heteroatoms. The highest BCUT2D eigenvalue weighted by Gasteiger charge is 2.24. The van der Waals surface area contributed by atoms with Crippen molar-refractivity contribution in [2.45, 2.75) is 55.4 Å². The number of non-ortho nitro benzene ring substituents is 1. The zero-order valence-electron chi connectivity index (χ0n) is 74.9. The number of hydrogen-bond acceptors (Lipinski definition) is 10. The fourth-order valence-electron chi connectivity index (χ4n) is 19.0. The number of nitro benzene ring substituents is 1. The largest absolute Gasteiger partial charge is 0.497 e. The van der Waals surface area contributed by atoms with Gasteiger partial charge >= 0.3 is 0 Å². The summed E-state index contributed by atoms with van der Waals surface area (Å²) in [7, 11) is 5.11. The van der Waals surface area contributed by atoms with Crippen LogP contribution in [0.3, 0.4) is 0 Å². The molecule has 25 aromatic rings. The van der Waals surface area contributed by atoms with Gasteiger partial charge in [0.1, 0.15) is 17.2 Å². The molecule has 0 amide bonds. The summed E-state index contributed by atoms with van der Waals surface area (Å²) in [5.41, 5.74) is 36.4. The van der Waals surface area contributed by atoms with Crippen LogP contribution in [-0.2, 0) is 0 Å². The number of rotatable bonds is 9. The van der Waals surface area contributed by atoms with E-state index in [1.807, 2.05) is 72.9 Å². The summed E-state index contributed by atoms with van der Waals surface area (Å²) in [6.45, 7) is 17.0. The molecule has 15 aromatic heterocycles. The van der Waals surface area contributed by atoms with E-state index in [9.17, 15) is 10.1 Å². The van der Waals surface area contributed by atoms with Gasteiger partial charge in [0.15, 0.2) is 0 Å². The van der Waals surface area contributed by atoms with Crippen LogP contribution in [0.5, 0.6) is 17.2 Å². The minimum absolute atomic E-state index is 0.0756. The molecule has 15 heterocycles. The Morgan fingerprint density at radius 1 is 0.242 bits per heavy atom. The first-order valence-electron chi connectivity index (χ1n) is 44.2. The monoisotopic (exact) mass is 1720 g/mol. The molecule has 25 rings (SSSR count). The lowest BCUT2D eigenvalue weighted by molar-refractivity contribution is -0.384. The minimum Gasteiger partial charge on any atom is -0.497 e. The number of fused-ring (bicyclic) bond motifs is 25. The Balaban J connectivity index is 0.0000000995. The fourth-order valence-corrected chi connectivity index (χ4v) is 19.0. The van der Waals surface area contributed by atoms with Crippen molar-refractivity contribution in [1.29, 1.82) is 0 Å². The van der Waals surface area contributed by atoms with Crippen molar-refractivity contribution < 1.29 is 19.1 Å². The van der Waals surface area contributed by atoms with Crippen LogP contribution >= 0.6 is 0 Å². The molecule has 0 aliphatic heterocycles. The Kier molecular flexibility index (Phi) is 21.0. The van der Waals surface area contributed by atoms with Gasteiger partial charge in [0.25, 0.3) is 5.69 Å². The van der Waals surface area contributed by atoms with Gasteiger partial charge in [0, 0.05) is 152 Å². The standard InChI is InChI=1S/2C24H20N2O.C23H18N2O.C23H18N2.C22H15N3O2/c1-15-7-6-12-26-21(15)14-19-18-8-4-5-9-20(18)25-23(24(19)26)17-11-10-16(2)22(13-17)27-3;1-15-11-17(13-18(12-15)27-3)23-24-20(19-8-4-5-9-21(19)25-23)14-22-16(2)7-6-10-26(22)24;1-15-7-6-12-25-21(15)14-19-18-10-3-4-11-20(18)24-22(23(19)25)16-8-5-9-17(13-16)26-2;1-15-9-11-17(12-10-15)22-23-19(18-7-3-4-8-20(18)24-22)14-21-16(2)6-5-13-25(21)23;1-14-5-4-12-24-20(14)13-18-17-6-2-3-7-19(17)23-21(22(18)24)15-8-10-16(11-9-15)25(26)27/h2*4-14H,1-3H3;3-14H,1-2H3;3-14H,1-2H3;2-13H,1H3. The van der Waals surface area contributed by atoms with Crippen molar-refractivity contribution in [2.24, 2.45) is 0 Å².